The van der Waals surface area contributed by atoms with E-state index in [1.807, 2.05) is 6.07 Å². The average Bonchev–Trinajstić information content (AvgIpc) is 2.13. The maximum Gasteiger partial charge on any atom is 0.129 e. The first-order chi connectivity index (χ1) is 6.19. The summed E-state index contributed by atoms with van der Waals surface area (Å²) in [7, 11) is 1.62. The molecule has 0 saturated heterocycles. The fourth-order valence-electron chi connectivity index (χ4n) is 1.03. The van der Waals surface area contributed by atoms with Crippen molar-refractivity contribution >= 4 is 15.9 Å². The maximum absolute atomic E-state index is 13.2. The van der Waals surface area contributed by atoms with E-state index in [0.29, 0.717) is 5.56 Å². The zero-order valence-corrected chi connectivity index (χ0v) is 8.60. The van der Waals surface area contributed by atoms with Gasteiger partial charge in [-0.1, -0.05) is 15.9 Å². The smallest absolute Gasteiger partial charge is 0.129 e. The summed E-state index contributed by atoms with van der Waals surface area (Å²) >= 11 is 3.22. The standard InChI is InChI=1S/C9H8BrFN2/c1-13-9(5-12)7-4-6(10)2-3-8(7)11/h2-4,9,13H,1H3. The van der Waals surface area contributed by atoms with E-state index in [2.05, 4.69) is 21.2 Å². The molecule has 0 radical (unpaired) electrons. The van der Waals surface area contributed by atoms with Gasteiger partial charge in [0.1, 0.15) is 11.9 Å². The van der Waals surface area contributed by atoms with Gasteiger partial charge in [-0.3, -0.25) is 0 Å². The van der Waals surface area contributed by atoms with Crippen molar-refractivity contribution in [2.24, 2.45) is 0 Å². The molecule has 1 N–H and O–H groups in total. The van der Waals surface area contributed by atoms with Gasteiger partial charge in [0.05, 0.1) is 6.07 Å². The lowest BCUT2D eigenvalue weighted by atomic mass is 10.1. The Labute approximate surface area is 84.5 Å². The van der Waals surface area contributed by atoms with Crippen LogP contribution >= 0.6 is 15.9 Å². The minimum absolute atomic E-state index is 0.361. The molecule has 1 aromatic carbocycles. The average molecular weight is 243 g/mol. The van der Waals surface area contributed by atoms with Crippen molar-refractivity contribution < 1.29 is 4.39 Å². The highest BCUT2D eigenvalue weighted by atomic mass is 79.9. The van der Waals surface area contributed by atoms with E-state index in [4.69, 9.17) is 5.26 Å². The van der Waals surface area contributed by atoms with Gasteiger partial charge in [0, 0.05) is 10.0 Å². The summed E-state index contributed by atoms with van der Waals surface area (Å²) in [6.07, 6.45) is 0. The second kappa shape index (κ2) is 4.35. The lowest BCUT2D eigenvalue weighted by molar-refractivity contribution is 0.585. The van der Waals surface area contributed by atoms with Gasteiger partial charge in [0.25, 0.3) is 0 Å². The van der Waals surface area contributed by atoms with Gasteiger partial charge >= 0.3 is 0 Å². The van der Waals surface area contributed by atoms with Crippen LogP contribution in [0.2, 0.25) is 0 Å². The molecule has 0 aliphatic carbocycles. The van der Waals surface area contributed by atoms with E-state index >= 15 is 0 Å². The Kier molecular flexibility index (Phi) is 3.40. The summed E-state index contributed by atoms with van der Waals surface area (Å²) in [6, 6.07) is 5.90. The van der Waals surface area contributed by atoms with Gasteiger partial charge in [-0.25, -0.2) is 4.39 Å². The summed E-state index contributed by atoms with van der Waals surface area (Å²) in [4.78, 5) is 0. The van der Waals surface area contributed by atoms with E-state index in [0.717, 1.165) is 4.47 Å². The number of nitrogens with one attached hydrogen (secondary N) is 1. The Morgan fingerprint density at radius 3 is 2.85 bits per heavy atom. The summed E-state index contributed by atoms with van der Waals surface area (Å²) in [5.41, 5.74) is 0.361. The molecule has 68 valence electrons. The predicted octanol–water partition coefficient (Wildman–Crippen LogP) is 2.37. The Hall–Kier alpha value is -0.920. The topological polar surface area (TPSA) is 35.8 Å². The molecule has 0 heterocycles. The number of halogens is 2. The predicted molar refractivity (Wildman–Crippen MR) is 51.5 cm³/mol. The first kappa shape index (κ1) is 10.2. The lowest BCUT2D eigenvalue weighted by Crippen LogP contribution is -2.15. The Balaban J connectivity index is 3.13. The number of hydrogen-bond acceptors (Lipinski definition) is 2. The molecule has 2 nitrogen and oxygen atoms in total. The van der Waals surface area contributed by atoms with Crippen LogP contribution in [-0.2, 0) is 0 Å². The largest absolute Gasteiger partial charge is 0.301 e. The van der Waals surface area contributed by atoms with Crippen molar-refractivity contribution in [2.75, 3.05) is 7.05 Å². The Bertz CT molecular complexity index is 346. The monoisotopic (exact) mass is 242 g/mol. The summed E-state index contributed by atoms with van der Waals surface area (Å²) in [6.45, 7) is 0. The second-order valence-corrected chi connectivity index (χ2v) is 3.43. The SMILES string of the molecule is CNC(C#N)c1cc(Br)ccc1F. The fraction of sp³-hybridized carbons (Fsp3) is 0.222. The number of rotatable bonds is 2. The third-order valence-electron chi connectivity index (χ3n) is 1.69. The maximum atomic E-state index is 13.2. The second-order valence-electron chi connectivity index (χ2n) is 2.52. The van der Waals surface area contributed by atoms with Gasteiger partial charge < -0.3 is 5.32 Å². The molecule has 0 aliphatic heterocycles. The minimum Gasteiger partial charge on any atom is -0.301 e. The Morgan fingerprint density at radius 1 is 1.62 bits per heavy atom. The van der Waals surface area contributed by atoms with Crippen LogP contribution < -0.4 is 5.32 Å². The zero-order chi connectivity index (χ0) is 9.84. The Morgan fingerprint density at radius 2 is 2.31 bits per heavy atom. The van der Waals surface area contributed by atoms with Crippen LogP contribution in [0.4, 0.5) is 4.39 Å². The van der Waals surface area contributed by atoms with Crippen molar-refractivity contribution in [3.8, 4) is 6.07 Å². The van der Waals surface area contributed by atoms with Gasteiger partial charge in [0.15, 0.2) is 0 Å². The number of benzene rings is 1. The minimum atomic E-state index is -0.600. The van der Waals surface area contributed by atoms with Crippen molar-refractivity contribution in [1.82, 2.24) is 5.32 Å². The molecule has 4 heteroatoms. The van der Waals surface area contributed by atoms with Gasteiger partial charge in [-0.15, -0.1) is 0 Å². The molecule has 1 rings (SSSR count). The number of nitrogens with zero attached hydrogens (tertiary/aromatic N) is 1. The van der Waals surface area contributed by atoms with Crippen LogP contribution in [0.1, 0.15) is 11.6 Å². The molecule has 0 fully saturated rings. The first-order valence-corrected chi connectivity index (χ1v) is 4.50. The van der Waals surface area contributed by atoms with Gasteiger partial charge in [-0.05, 0) is 25.2 Å². The van der Waals surface area contributed by atoms with Crippen molar-refractivity contribution in [3.63, 3.8) is 0 Å². The molecule has 0 bridgehead atoms. The van der Waals surface area contributed by atoms with Crippen molar-refractivity contribution in [2.45, 2.75) is 6.04 Å². The highest BCUT2D eigenvalue weighted by Gasteiger charge is 2.12. The quantitative estimate of drug-likeness (QED) is 0.865. The molecular weight excluding hydrogens is 235 g/mol. The van der Waals surface area contributed by atoms with E-state index in [1.165, 1.54) is 6.07 Å². The zero-order valence-electron chi connectivity index (χ0n) is 7.01. The van der Waals surface area contributed by atoms with E-state index < -0.39 is 6.04 Å². The van der Waals surface area contributed by atoms with Crippen LogP contribution in [0.3, 0.4) is 0 Å². The molecule has 0 saturated carbocycles. The molecule has 1 unspecified atom stereocenters. The van der Waals surface area contributed by atoms with Crippen molar-refractivity contribution in [1.29, 1.82) is 5.26 Å². The van der Waals surface area contributed by atoms with Crippen LogP contribution in [-0.4, -0.2) is 7.05 Å². The van der Waals surface area contributed by atoms with Crippen LogP contribution in [0.5, 0.6) is 0 Å². The normalized spacial score (nSPS) is 12.2. The van der Waals surface area contributed by atoms with E-state index in [9.17, 15) is 4.39 Å². The molecule has 1 atom stereocenters. The molecule has 0 aromatic heterocycles. The highest BCUT2D eigenvalue weighted by Crippen LogP contribution is 2.20. The fourth-order valence-corrected chi connectivity index (χ4v) is 1.40. The number of nitriles is 1. The summed E-state index contributed by atoms with van der Waals surface area (Å²) in [5, 5.41) is 11.4. The molecule has 13 heavy (non-hydrogen) atoms. The van der Waals surface area contributed by atoms with Crippen LogP contribution in [0, 0.1) is 17.1 Å². The van der Waals surface area contributed by atoms with Crippen LogP contribution in [0.15, 0.2) is 22.7 Å². The molecule has 0 amide bonds. The third kappa shape index (κ3) is 2.27. The molecule has 0 spiro atoms. The molecule has 1 aromatic rings. The van der Waals surface area contributed by atoms with Crippen LogP contribution in [0.25, 0.3) is 0 Å². The number of hydrogen-bond donors (Lipinski definition) is 1. The first-order valence-electron chi connectivity index (χ1n) is 3.71. The van der Waals surface area contributed by atoms with Crippen molar-refractivity contribution in [3.05, 3.63) is 34.1 Å². The van der Waals surface area contributed by atoms with Gasteiger partial charge in [-0.2, -0.15) is 5.26 Å². The molecular formula is C9H8BrFN2. The highest BCUT2D eigenvalue weighted by molar-refractivity contribution is 9.10. The van der Waals surface area contributed by atoms with E-state index in [1.54, 1.807) is 19.2 Å². The van der Waals surface area contributed by atoms with E-state index in [-0.39, 0.29) is 5.82 Å². The lowest BCUT2D eigenvalue weighted by Gasteiger charge is -2.08. The van der Waals surface area contributed by atoms with Gasteiger partial charge in [0.2, 0.25) is 0 Å². The summed E-state index contributed by atoms with van der Waals surface area (Å²) in [5.74, 6) is -0.371. The molecule has 0 aliphatic rings. The third-order valence-corrected chi connectivity index (χ3v) is 2.18. The summed E-state index contributed by atoms with van der Waals surface area (Å²) < 4.78 is 13.9.